The first-order valence-corrected chi connectivity index (χ1v) is 11.2. The van der Waals surface area contributed by atoms with E-state index in [2.05, 4.69) is 4.98 Å². The van der Waals surface area contributed by atoms with Crippen molar-refractivity contribution in [2.75, 3.05) is 17.5 Å². The van der Waals surface area contributed by atoms with Gasteiger partial charge in [0.15, 0.2) is 5.69 Å². The fourth-order valence-corrected chi connectivity index (χ4v) is 5.39. The SMILES string of the molecule is O=S(=O)(c1cccc(C(F)(F)F)c1)N1CCOc2ccc(-c3nc(C(F)(F)F)cs3)cc21. The average molecular weight is 494 g/mol. The summed E-state index contributed by atoms with van der Waals surface area (Å²) >= 11 is 0.725. The summed E-state index contributed by atoms with van der Waals surface area (Å²) in [6, 6.07) is 7.42. The molecule has 0 unspecified atom stereocenters. The number of aromatic nitrogens is 1. The van der Waals surface area contributed by atoms with Gasteiger partial charge in [-0.05, 0) is 36.4 Å². The highest BCUT2D eigenvalue weighted by molar-refractivity contribution is 7.92. The maximum absolute atomic E-state index is 13.2. The van der Waals surface area contributed by atoms with Gasteiger partial charge in [-0.3, -0.25) is 4.31 Å². The zero-order valence-electron chi connectivity index (χ0n) is 15.7. The van der Waals surface area contributed by atoms with Crippen LogP contribution in [0.25, 0.3) is 10.6 Å². The molecule has 13 heteroatoms. The van der Waals surface area contributed by atoms with E-state index in [4.69, 9.17) is 4.74 Å². The molecule has 1 aromatic heterocycles. The number of thiazole rings is 1. The third-order valence-corrected chi connectivity index (χ3v) is 7.27. The number of hydrogen-bond acceptors (Lipinski definition) is 5. The Morgan fingerprint density at radius 2 is 1.75 bits per heavy atom. The smallest absolute Gasteiger partial charge is 0.434 e. The van der Waals surface area contributed by atoms with Gasteiger partial charge in [0, 0.05) is 10.9 Å². The second-order valence-corrected chi connectivity index (χ2v) is 9.39. The molecule has 32 heavy (non-hydrogen) atoms. The minimum Gasteiger partial charge on any atom is -0.489 e. The fourth-order valence-electron chi connectivity index (χ4n) is 3.07. The van der Waals surface area contributed by atoms with Crippen LogP contribution in [0.15, 0.2) is 52.7 Å². The first kappa shape index (κ1) is 22.4. The standard InChI is InChI=1S/C19H12F6N2O3S2/c20-18(21,22)12-2-1-3-13(9-12)32(28,29)27-6-7-30-15-5-4-11(8-14(15)27)17-26-16(10-31-17)19(23,24)25/h1-5,8-10H,6-7H2. The van der Waals surface area contributed by atoms with Crippen LogP contribution in [0, 0.1) is 0 Å². The van der Waals surface area contributed by atoms with Crippen LogP contribution in [0.4, 0.5) is 32.0 Å². The largest absolute Gasteiger partial charge is 0.489 e. The monoisotopic (exact) mass is 494 g/mol. The molecule has 0 bridgehead atoms. The summed E-state index contributed by atoms with van der Waals surface area (Å²) in [5.41, 5.74) is -2.00. The average Bonchev–Trinajstić information content (AvgIpc) is 3.23. The Balaban J connectivity index is 1.76. The molecule has 170 valence electrons. The first-order chi connectivity index (χ1) is 14.9. The van der Waals surface area contributed by atoms with E-state index >= 15 is 0 Å². The highest BCUT2D eigenvalue weighted by atomic mass is 32.2. The quantitative estimate of drug-likeness (QED) is 0.456. The lowest BCUT2D eigenvalue weighted by atomic mass is 10.2. The van der Waals surface area contributed by atoms with Gasteiger partial charge in [0.2, 0.25) is 0 Å². The van der Waals surface area contributed by atoms with Gasteiger partial charge in [0.05, 0.1) is 22.7 Å². The van der Waals surface area contributed by atoms with E-state index in [9.17, 15) is 34.8 Å². The molecule has 1 aliphatic rings. The van der Waals surface area contributed by atoms with Gasteiger partial charge in [-0.1, -0.05) is 6.07 Å². The zero-order valence-corrected chi connectivity index (χ0v) is 17.4. The van der Waals surface area contributed by atoms with E-state index in [0.29, 0.717) is 6.07 Å². The maximum atomic E-state index is 13.2. The van der Waals surface area contributed by atoms with Crippen molar-refractivity contribution in [3.8, 4) is 16.3 Å². The number of fused-ring (bicyclic) bond motifs is 1. The Labute approximate surface area is 181 Å². The van der Waals surface area contributed by atoms with Gasteiger partial charge >= 0.3 is 12.4 Å². The van der Waals surface area contributed by atoms with Crippen molar-refractivity contribution in [2.45, 2.75) is 17.2 Å². The lowest BCUT2D eigenvalue weighted by Gasteiger charge is -2.31. The van der Waals surface area contributed by atoms with Crippen LogP contribution in [0.5, 0.6) is 5.75 Å². The van der Waals surface area contributed by atoms with Gasteiger partial charge in [-0.15, -0.1) is 11.3 Å². The molecule has 0 radical (unpaired) electrons. The minimum atomic E-state index is -4.73. The molecule has 2 heterocycles. The van der Waals surface area contributed by atoms with Crippen molar-refractivity contribution in [3.63, 3.8) is 0 Å². The number of rotatable bonds is 3. The van der Waals surface area contributed by atoms with Gasteiger partial charge in [0.1, 0.15) is 17.4 Å². The lowest BCUT2D eigenvalue weighted by molar-refractivity contribution is -0.140. The Morgan fingerprint density at radius 3 is 2.41 bits per heavy atom. The minimum absolute atomic E-state index is 0.00196. The van der Waals surface area contributed by atoms with E-state index in [1.54, 1.807) is 0 Å². The molecule has 0 atom stereocenters. The molecule has 0 aliphatic carbocycles. The highest BCUT2D eigenvalue weighted by Gasteiger charge is 2.36. The van der Waals surface area contributed by atoms with Crippen LogP contribution in [0.1, 0.15) is 11.3 Å². The highest BCUT2D eigenvalue weighted by Crippen LogP contribution is 2.41. The van der Waals surface area contributed by atoms with Gasteiger partial charge < -0.3 is 4.74 Å². The maximum Gasteiger partial charge on any atom is 0.434 e. The van der Waals surface area contributed by atoms with Crippen LogP contribution in [0.3, 0.4) is 0 Å². The lowest BCUT2D eigenvalue weighted by Crippen LogP contribution is -2.38. The third kappa shape index (κ3) is 4.13. The number of alkyl halides is 6. The van der Waals surface area contributed by atoms with Crippen LogP contribution in [-0.2, 0) is 22.4 Å². The number of benzene rings is 2. The topological polar surface area (TPSA) is 59.5 Å². The normalized spacial score (nSPS) is 14.8. The predicted octanol–water partition coefficient (Wildman–Crippen LogP) is 5.44. The van der Waals surface area contributed by atoms with E-state index in [-0.39, 0.29) is 35.2 Å². The van der Waals surface area contributed by atoms with Gasteiger partial charge in [0.25, 0.3) is 10.0 Å². The molecule has 0 spiro atoms. The molecule has 0 fully saturated rings. The van der Waals surface area contributed by atoms with Crippen LogP contribution < -0.4 is 9.04 Å². The molecule has 4 rings (SSSR count). The van der Waals surface area contributed by atoms with Crippen LogP contribution in [0.2, 0.25) is 0 Å². The molecule has 5 nitrogen and oxygen atoms in total. The van der Waals surface area contributed by atoms with Crippen molar-refractivity contribution >= 4 is 27.0 Å². The van der Waals surface area contributed by atoms with E-state index in [0.717, 1.165) is 39.2 Å². The van der Waals surface area contributed by atoms with E-state index in [1.807, 2.05) is 0 Å². The molecule has 3 aromatic rings. The van der Waals surface area contributed by atoms with Crippen molar-refractivity contribution in [1.29, 1.82) is 0 Å². The Kier molecular flexibility index (Phi) is 5.36. The van der Waals surface area contributed by atoms with Crippen molar-refractivity contribution in [3.05, 3.63) is 59.1 Å². The molecule has 0 saturated heterocycles. The molecule has 0 N–H and O–H groups in total. The molecular weight excluding hydrogens is 482 g/mol. The number of nitrogens with zero attached hydrogens (tertiary/aromatic N) is 2. The summed E-state index contributed by atoms with van der Waals surface area (Å²) in [5.74, 6) is 0.128. The molecule has 0 amide bonds. The summed E-state index contributed by atoms with van der Waals surface area (Å²) in [4.78, 5) is 2.97. The number of sulfonamides is 1. The van der Waals surface area contributed by atoms with Crippen molar-refractivity contribution in [1.82, 2.24) is 4.98 Å². The van der Waals surface area contributed by atoms with Crippen molar-refractivity contribution < 1.29 is 39.5 Å². The van der Waals surface area contributed by atoms with Gasteiger partial charge in [-0.2, -0.15) is 26.3 Å². The Bertz CT molecular complexity index is 1270. The Hall–Kier alpha value is -2.80. The predicted molar refractivity (Wildman–Crippen MR) is 104 cm³/mol. The summed E-state index contributed by atoms with van der Waals surface area (Å²) < 4.78 is 110. The molecule has 0 saturated carbocycles. The molecule has 2 aromatic carbocycles. The van der Waals surface area contributed by atoms with Crippen LogP contribution >= 0.6 is 11.3 Å². The van der Waals surface area contributed by atoms with Crippen LogP contribution in [-0.4, -0.2) is 26.6 Å². The number of halogens is 6. The summed E-state index contributed by atoms with van der Waals surface area (Å²) in [6.45, 7) is -0.249. The fraction of sp³-hybridized carbons (Fsp3) is 0.211. The summed E-state index contributed by atoms with van der Waals surface area (Å²) in [6.07, 6.45) is -9.37. The second-order valence-electron chi connectivity index (χ2n) is 6.67. The number of hydrogen-bond donors (Lipinski definition) is 0. The number of ether oxygens (including phenoxy) is 1. The third-order valence-electron chi connectivity index (χ3n) is 4.57. The van der Waals surface area contributed by atoms with Crippen molar-refractivity contribution in [2.24, 2.45) is 0 Å². The first-order valence-electron chi connectivity index (χ1n) is 8.87. The summed E-state index contributed by atoms with van der Waals surface area (Å²) in [5, 5.41) is 0.838. The second kappa shape index (κ2) is 7.66. The summed E-state index contributed by atoms with van der Waals surface area (Å²) in [7, 11) is -4.42. The number of anilines is 1. The van der Waals surface area contributed by atoms with E-state index in [1.165, 1.54) is 18.2 Å². The molecule has 1 aliphatic heterocycles. The van der Waals surface area contributed by atoms with E-state index < -0.39 is 38.5 Å². The zero-order chi connectivity index (χ0) is 23.3. The van der Waals surface area contributed by atoms with Gasteiger partial charge in [-0.25, -0.2) is 13.4 Å². The Morgan fingerprint density at radius 1 is 1.00 bits per heavy atom. The molecular formula is C19H12F6N2O3S2.